The average molecular weight is 372 g/mol. The van der Waals surface area contributed by atoms with Gasteiger partial charge in [0.2, 0.25) is 0 Å². The van der Waals surface area contributed by atoms with E-state index in [0.717, 1.165) is 18.7 Å². The van der Waals surface area contributed by atoms with Gasteiger partial charge in [-0.1, -0.05) is 42.5 Å². The number of nitrogens with one attached hydrogen (secondary N) is 1. The van der Waals surface area contributed by atoms with Crippen LogP contribution in [-0.2, 0) is 6.54 Å². The molecule has 0 fully saturated rings. The second-order valence-electron chi connectivity index (χ2n) is 7.28. The van der Waals surface area contributed by atoms with E-state index in [0.29, 0.717) is 5.56 Å². The Hall–Kier alpha value is -3.21. The molecule has 4 rings (SSSR count). The highest BCUT2D eigenvalue weighted by atomic mass is 16.1. The number of carbonyl (C=O) groups is 1. The first-order valence-electron chi connectivity index (χ1n) is 9.59. The van der Waals surface area contributed by atoms with Crippen LogP contribution in [0.25, 0.3) is 0 Å². The zero-order chi connectivity index (χ0) is 19.5. The first-order chi connectivity index (χ1) is 13.6. The Morgan fingerprint density at radius 2 is 1.96 bits per heavy atom. The van der Waals surface area contributed by atoms with Crippen LogP contribution in [0, 0.1) is 13.8 Å². The maximum absolute atomic E-state index is 12.4. The molecular weight excluding hydrogens is 348 g/mol. The number of aryl methyl sites for hydroxylation is 1. The number of allylic oxidation sites excluding steroid dienone is 1. The molecule has 2 aromatic heterocycles. The number of carbonyl (C=O) groups excluding carboxylic acids is 1. The lowest BCUT2D eigenvalue weighted by Gasteiger charge is -2.15. The van der Waals surface area contributed by atoms with Gasteiger partial charge in [-0.05, 0) is 38.0 Å². The molecule has 5 nitrogen and oxygen atoms in total. The molecule has 0 saturated carbocycles. The van der Waals surface area contributed by atoms with Crippen molar-refractivity contribution in [3.8, 4) is 0 Å². The third-order valence-corrected chi connectivity index (χ3v) is 5.31. The molecule has 0 aliphatic heterocycles. The largest absolute Gasteiger partial charge is 0.346 e. The van der Waals surface area contributed by atoms with Gasteiger partial charge < -0.3 is 5.32 Å². The van der Waals surface area contributed by atoms with E-state index in [9.17, 15) is 4.79 Å². The summed E-state index contributed by atoms with van der Waals surface area (Å²) in [6.07, 6.45) is 8.39. The Labute approximate surface area is 165 Å². The summed E-state index contributed by atoms with van der Waals surface area (Å²) in [5.74, 6) is 0.181. The van der Waals surface area contributed by atoms with Gasteiger partial charge in [0.05, 0.1) is 17.8 Å². The van der Waals surface area contributed by atoms with Gasteiger partial charge in [-0.3, -0.25) is 14.5 Å². The van der Waals surface area contributed by atoms with E-state index >= 15 is 0 Å². The minimum atomic E-state index is -0.0865. The molecule has 1 aliphatic carbocycles. The van der Waals surface area contributed by atoms with Gasteiger partial charge >= 0.3 is 0 Å². The van der Waals surface area contributed by atoms with Crippen molar-refractivity contribution in [3.63, 3.8) is 0 Å². The number of aromatic nitrogens is 3. The van der Waals surface area contributed by atoms with Gasteiger partial charge in [0.15, 0.2) is 0 Å². The lowest BCUT2D eigenvalue weighted by molar-refractivity contribution is 0.0943. The monoisotopic (exact) mass is 372 g/mol. The highest BCUT2D eigenvalue weighted by Crippen LogP contribution is 2.33. The molecule has 1 aliphatic rings. The first-order valence-corrected chi connectivity index (χ1v) is 9.59. The fourth-order valence-electron chi connectivity index (χ4n) is 3.93. The Morgan fingerprint density at radius 3 is 2.71 bits per heavy atom. The molecule has 0 saturated heterocycles. The Balaban J connectivity index is 1.46. The molecule has 28 heavy (non-hydrogen) atoms. The summed E-state index contributed by atoms with van der Waals surface area (Å²) in [4.78, 5) is 16.4. The minimum absolute atomic E-state index is 0.0222. The van der Waals surface area contributed by atoms with Crippen LogP contribution in [0.4, 0.5) is 0 Å². The van der Waals surface area contributed by atoms with Gasteiger partial charge in [-0.2, -0.15) is 5.10 Å². The summed E-state index contributed by atoms with van der Waals surface area (Å²) in [5.41, 5.74) is 5.34. The van der Waals surface area contributed by atoms with Crippen LogP contribution in [0.5, 0.6) is 0 Å². The molecule has 3 aromatic rings. The summed E-state index contributed by atoms with van der Waals surface area (Å²) >= 11 is 0. The van der Waals surface area contributed by atoms with Crippen LogP contribution in [0.15, 0.2) is 67.0 Å². The summed E-state index contributed by atoms with van der Waals surface area (Å²) in [7, 11) is 0. The van der Waals surface area contributed by atoms with E-state index in [-0.39, 0.29) is 17.9 Å². The number of pyridine rings is 1. The number of amides is 1. The summed E-state index contributed by atoms with van der Waals surface area (Å²) < 4.78 is 2.08. The Kier molecular flexibility index (Phi) is 5.06. The zero-order valence-electron chi connectivity index (χ0n) is 16.2. The topological polar surface area (TPSA) is 59.8 Å². The van der Waals surface area contributed by atoms with Gasteiger partial charge in [0, 0.05) is 35.6 Å². The Morgan fingerprint density at radius 1 is 1.14 bits per heavy atom. The molecular formula is C23H24N4O. The number of hydrogen-bond donors (Lipinski definition) is 1. The highest BCUT2D eigenvalue weighted by molar-refractivity contribution is 5.94. The second kappa shape index (κ2) is 7.80. The summed E-state index contributed by atoms with van der Waals surface area (Å²) in [5, 5.41) is 7.86. The van der Waals surface area contributed by atoms with Crippen molar-refractivity contribution in [1.82, 2.24) is 20.1 Å². The molecule has 0 unspecified atom stereocenters. The lowest BCUT2D eigenvalue weighted by atomic mass is 9.96. The second-order valence-corrected chi connectivity index (χ2v) is 7.28. The molecule has 0 radical (unpaired) electrons. The fourth-order valence-corrected chi connectivity index (χ4v) is 3.93. The first kappa shape index (κ1) is 18.2. The van der Waals surface area contributed by atoms with E-state index in [1.807, 2.05) is 6.07 Å². The maximum Gasteiger partial charge on any atom is 0.253 e. The molecule has 1 amide bonds. The molecule has 0 spiro atoms. The minimum Gasteiger partial charge on any atom is -0.346 e. The third kappa shape index (κ3) is 3.74. The number of rotatable bonds is 5. The number of hydrogen-bond acceptors (Lipinski definition) is 3. The van der Waals surface area contributed by atoms with Crippen LogP contribution in [0.2, 0.25) is 0 Å². The SMILES string of the molecule is Cc1nn(Cc2ccccc2)c(C)c1[C@@H]1C=C[C@@H](NC(=O)c2cccnc2)C1. The average Bonchev–Trinajstić information content (AvgIpc) is 3.27. The smallest absolute Gasteiger partial charge is 0.253 e. The van der Waals surface area contributed by atoms with Gasteiger partial charge in [-0.15, -0.1) is 0 Å². The quantitative estimate of drug-likeness (QED) is 0.693. The van der Waals surface area contributed by atoms with E-state index in [1.165, 1.54) is 16.8 Å². The molecule has 5 heteroatoms. The Bertz CT molecular complexity index is 992. The van der Waals surface area contributed by atoms with E-state index < -0.39 is 0 Å². The molecule has 1 aromatic carbocycles. The molecule has 2 heterocycles. The summed E-state index contributed by atoms with van der Waals surface area (Å²) in [6, 6.07) is 13.9. The predicted molar refractivity (Wildman–Crippen MR) is 109 cm³/mol. The van der Waals surface area contributed by atoms with Crippen molar-refractivity contribution >= 4 is 5.91 Å². The van der Waals surface area contributed by atoms with Crippen molar-refractivity contribution in [2.45, 2.75) is 38.8 Å². The van der Waals surface area contributed by atoms with Crippen LogP contribution in [-0.4, -0.2) is 26.7 Å². The highest BCUT2D eigenvalue weighted by Gasteiger charge is 2.27. The predicted octanol–water partition coefficient (Wildman–Crippen LogP) is 3.79. The van der Waals surface area contributed by atoms with Crippen molar-refractivity contribution in [3.05, 3.63) is 95.1 Å². The standard InChI is InChI=1S/C23H24N4O/c1-16-22(17(2)27(26-16)15-18-7-4-3-5-8-18)19-10-11-21(13-19)25-23(28)20-9-6-12-24-14-20/h3-12,14,19,21H,13,15H2,1-2H3,(H,25,28)/t19-,21-/m1/s1. The lowest BCUT2D eigenvalue weighted by Crippen LogP contribution is -2.32. The van der Waals surface area contributed by atoms with Crippen LogP contribution >= 0.6 is 0 Å². The van der Waals surface area contributed by atoms with Gasteiger partial charge in [-0.25, -0.2) is 0 Å². The van der Waals surface area contributed by atoms with Crippen LogP contribution in [0.3, 0.4) is 0 Å². The normalized spacial score (nSPS) is 18.4. The van der Waals surface area contributed by atoms with Crippen molar-refractivity contribution in [1.29, 1.82) is 0 Å². The molecule has 1 N–H and O–H groups in total. The van der Waals surface area contributed by atoms with Crippen LogP contribution in [0.1, 0.15) is 45.2 Å². The maximum atomic E-state index is 12.4. The van der Waals surface area contributed by atoms with Crippen molar-refractivity contribution < 1.29 is 4.79 Å². The summed E-state index contributed by atoms with van der Waals surface area (Å²) in [6.45, 7) is 4.97. The third-order valence-electron chi connectivity index (χ3n) is 5.31. The van der Waals surface area contributed by atoms with E-state index in [1.54, 1.807) is 24.5 Å². The number of nitrogens with zero attached hydrogens (tertiary/aromatic N) is 3. The van der Waals surface area contributed by atoms with E-state index in [2.05, 4.69) is 65.2 Å². The fraction of sp³-hybridized carbons (Fsp3) is 0.261. The van der Waals surface area contributed by atoms with Crippen molar-refractivity contribution in [2.75, 3.05) is 0 Å². The number of benzene rings is 1. The van der Waals surface area contributed by atoms with Crippen LogP contribution < -0.4 is 5.32 Å². The zero-order valence-corrected chi connectivity index (χ0v) is 16.2. The molecule has 2 atom stereocenters. The van der Waals surface area contributed by atoms with E-state index in [4.69, 9.17) is 5.10 Å². The van der Waals surface area contributed by atoms with Gasteiger partial charge in [0.1, 0.15) is 0 Å². The molecule has 0 bridgehead atoms. The van der Waals surface area contributed by atoms with Gasteiger partial charge in [0.25, 0.3) is 5.91 Å². The molecule has 142 valence electrons. The van der Waals surface area contributed by atoms with Crippen molar-refractivity contribution in [2.24, 2.45) is 0 Å².